The minimum absolute atomic E-state index is 0.0492. The quantitative estimate of drug-likeness (QED) is 0.261. The van der Waals surface area contributed by atoms with Gasteiger partial charge in [0, 0.05) is 18.2 Å². The van der Waals surface area contributed by atoms with Gasteiger partial charge in [-0.2, -0.15) is 13.2 Å². The number of benzene rings is 2. The number of alkyl halides is 3. The standard InChI is InChI=1S/C25H24F4N4O3S/c1-16(19-8-11-21(20(26)14-19)33-37(2,35)36)31-23(34)13-10-18-9-12-22(25(27,28)29)32-24(18)30-15-17-6-4-3-5-7-17/h3-14,16,33H,15H2,1-2H3,(H,30,32)(H,31,34)/t16-/m1/s1. The van der Waals surface area contributed by atoms with Crippen LogP contribution in [0.25, 0.3) is 6.08 Å². The lowest BCUT2D eigenvalue weighted by Crippen LogP contribution is -2.24. The average molecular weight is 537 g/mol. The van der Waals surface area contributed by atoms with Gasteiger partial charge in [0.2, 0.25) is 15.9 Å². The lowest BCUT2D eigenvalue weighted by Gasteiger charge is -2.15. The van der Waals surface area contributed by atoms with E-state index in [0.717, 1.165) is 30.0 Å². The largest absolute Gasteiger partial charge is 0.433 e. The van der Waals surface area contributed by atoms with Crippen LogP contribution in [0.15, 0.2) is 66.7 Å². The Labute approximate surface area is 211 Å². The van der Waals surface area contributed by atoms with Gasteiger partial charge in [-0.15, -0.1) is 0 Å². The van der Waals surface area contributed by atoms with Gasteiger partial charge in [0.05, 0.1) is 18.0 Å². The number of aromatic nitrogens is 1. The van der Waals surface area contributed by atoms with E-state index in [1.165, 1.54) is 24.3 Å². The monoisotopic (exact) mass is 536 g/mol. The maximum absolute atomic E-state index is 14.3. The zero-order valence-corrected chi connectivity index (χ0v) is 20.6. The molecule has 1 heterocycles. The highest BCUT2D eigenvalue weighted by atomic mass is 32.2. The second kappa shape index (κ2) is 11.4. The van der Waals surface area contributed by atoms with Gasteiger partial charge in [0.25, 0.3) is 0 Å². The Hall–Kier alpha value is -3.93. The van der Waals surface area contributed by atoms with E-state index in [-0.39, 0.29) is 23.6 Å². The van der Waals surface area contributed by atoms with Crippen molar-refractivity contribution in [1.29, 1.82) is 0 Å². The molecule has 196 valence electrons. The van der Waals surface area contributed by atoms with Gasteiger partial charge in [0.15, 0.2) is 0 Å². The molecule has 1 atom stereocenters. The second-order valence-corrected chi connectivity index (χ2v) is 9.90. The first-order valence-corrected chi connectivity index (χ1v) is 12.8. The number of nitrogens with zero attached hydrogens (tertiary/aromatic N) is 1. The van der Waals surface area contributed by atoms with E-state index in [4.69, 9.17) is 0 Å². The van der Waals surface area contributed by atoms with Crippen molar-refractivity contribution in [2.45, 2.75) is 25.7 Å². The molecule has 2 aromatic carbocycles. The number of hydrogen-bond donors (Lipinski definition) is 3. The molecule has 0 fully saturated rings. The Morgan fingerprint density at radius 1 is 1.08 bits per heavy atom. The minimum Gasteiger partial charge on any atom is -0.365 e. The van der Waals surface area contributed by atoms with Crippen LogP contribution in [0.1, 0.15) is 35.3 Å². The molecule has 0 aliphatic carbocycles. The van der Waals surface area contributed by atoms with Gasteiger partial charge in [-0.05, 0) is 48.4 Å². The number of pyridine rings is 1. The average Bonchev–Trinajstić information content (AvgIpc) is 2.82. The molecule has 0 bridgehead atoms. The number of anilines is 2. The molecule has 0 saturated heterocycles. The van der Waals surface area contributed by atoms with Crippen LogP contribution < -0.4 is 15.4 Å². The summed E-state index contributed by atoms with van der Waals surface area (Å²) in [7, 11) is -3.66. The zero-order valence-electron chi connectivity index (χ0n) is 19.8. The van der Waals surface area contributed by atoms with E-state index in [1.807, 2.05) is 6.07 Å². The number of hydrogen-bond acceptors (Lipinski definition) is 5. The Morgan fingerprint density at radius 2 is 1.78 bits per heavy atom. The minimum atomic E-state index is -4.64. The molecule has 0 aliphatic heterocycles. The van der Waals surface area contributed by atoms with Gasteiger partial charge in [-0.25, -0.2) is 17.8 Å². The summed E-state index contributed by atoms with van der Waals surface area (Å²) in [6.07, 6.45) is -1.29. The van der Waals surface area contributed by atoms with Gasteiger partial charge < -0.3 is 10.6 Å². The zero-order chi connectivity index (χ0) is 27.2. The van der Waals surface area contributed by atoms with Crippen LogP contribution >= 0.6 is 0 Å². The van der Waals surface area contributed by atoms with E-state index < -0.39 is 39.7 Å². The summed E-state index contributed by atoms with van der Waals surface area (Å²) in [6.45, 7) is 1.81. The van der Waals surface area contributed by atoms with Crippen LogP contribution in [0.3, 0.4) is 0 Å². The summed E-state index contributed by atoms with van der Waals surface area (Å²) >= 11 is 0. The topological polar surface area (TPSA) is 100 Å². The maximum atomic E-state index is 14.3. The predicted octanol–water partition coefficient (Wildman–Crippen LogP) is 5.11. The fourth-order valence-electron chi connectivity index (χ4n) is 3.28. The molecular weight excluding hydrogens is 512 g/mol. The summed E-state index contributed by atoms with van der Waals surface area (Å²) in [5.74, 6) is -1.45. The third kappa shape index (κ3) is 8.31. The molecule has 12 heteroatoms. The number of carbonyl (C=O) groups excluding carboxylic acids is 1. The smallest absolute Gasteiger partial charge is 0.365 e. The van der Waals surface area contributed by atoms with Crippen molar-refractivity contribution in [1.82, 2.24) is 10.3 Å². The van der Waals surface area contributed by atoms with E-state index in [9.17, 15) is 30.8 Å². The van der Waals surface area contributed by atoms with E-state index >= 15 is 0 Å². The van der Waals surface area contributed by atoms with Crippen LogP contribution in [-0.4, -0.2) is 25.6 Å². The highest BCUT2D eigenvalue weighted by Crippen LogP contribution is 2.30. The molecule has 0 radical (unpaired) electrons. The first-order chi connectivity index (χ1) is 17.3. The molecule has 3 rings (SSSR count). The summed E-state index contributed by atoms with van der Waals surface area (Å²) in [4.78, 5) is 16.1. The molecule has 3 N–H and O–H groups in total. The van der Waals surface area contributed by atoms with E-state index in [2.05, 4.69) is 20.3 Å². The molecule has 0 saturated carbocycles. The van der Waals surface area contributed by atoms with Gasteiger partial charge >= 0.3 is 6.18 Å². The van der Waals surface area contributed by atoms with Crippen molar-refractivity contribution in [2.75, 3.05) is 16.3 Å². The van der Waals surface area contributed by atoms with Crippen molar-refractivity contribution in [3.05, 3.63) is 94.9 Å². The van der Waals surface area contributed by atoms with Crippen LogP contribution in [0.2, 0.25) is 0 Å². The SMILES string of the molecule is C[C@@H](NC(=O)C=Cc1ccc(C(F)(F)F)nc1NCc1ccccc1)c1ccc(NS(C)(=O)=O)c(F)c1. The van der Waals surface area contributed by atoms with Crippen molar-refractivity contribution in [2.24, 2.45) is 0 Å². The van der Waals surface area contributed by atoms with E-state index in [0.29, 0.717) is 5.56 Å². The maximum Gasteiger partial charge on any atom is 0.433 e. The molecule has 0 unspecified atom stereocenters. The number of nitrogens with one attached hydrogen (secondary N) is 3. The van der Waals surface area contributed by atoms with Gasteiger partial charge in [0.1, 0.15) is 17.3 Å². The Kier molecular flexibility index (Phi) is 8.53. The molecule has 7 nitrogen and oxygen atoms in total. The molecule has 0 spiro atoms. The third-order valence-corrected chi connectivity index (χ3v) is 5.67. The van der Waals surface area contributed by atoms with Gasteiger partial charge in [-0.3, -0.25) is 9.52 Å². The van der Waals surface area contributed by atoms with E-state index in [1.54, 1.807) is 31.2 Å². The normalized spacial score (nSPS) is 12.8. The number of halogens is 4. The fraction of sp³-hybridized carbons (Fsp3) is 0.200. The lowest BCUT2D eigenvalue weighted by molar-refractivity contribution is -0.141. The molecule has 0 aliphatic rings. The van der Waals surface area contributed by atoms with Crippen molar-refractivity contribution in [3.63, 3.8) is 0 Å². The second-order valence-electron chi connectivity index (χ2n) is 8.15. The van der Waals surface area contributed by atoms with Crippen LogP contribution in [-0.2, 0) is 27.5 Å². The number of rotatable bonds is 9. The highest BCUT2D eigenvalue weighted by molar-refractivity contribution is 7.92. The highest BCUT2D eigenvalue weighted by Gasteiger charge is 2.33. The Bertz CT molecular complexity index is 1390. The third-order valence-electron chi connectivity index (χ3n) is 5.08. The predicted molar refractivity (Wildman–Crippen MR) is 133 cm³/mol. The molecule has 3 aromatic rings. The number of amides is 1. The van der Waals surface area contributed by atoms with Crippen LogP contribution in [0.4, 0.5) is 29.1 Å². The molecule has 1 aromatic heterocycles. The number of sulfonamides is 1. The summed E-state index contributed by atoms with van der Waals surface area (Å²) in [5.41, 5.74) is 0.158. The molecule has 37 heavy (non-hydrogen) atoms. The fourth-order valence-corrected chi connectivity index (χ4v) is 3.84. The molecular formula is C25H24F4N4O3S. The van der Waals surface area contributed by atoms with Crippen molar-refractivity contribution < 1.29 is 30.8 Å². The lowest BCUT2D eigenvalue weighted by atomic mass is 10.1. The summed E-state index contributed by atoms with van der Waals surface area (Å²) < 4.78 is 78.5. The van der Waals surface area contributed by atoms with Crippen molar-refractivity contribution >= 4 is 33.5 Å². The summed E-state index contributed by atoms with van der Waals surface area (Å²) in [6, 6.07) is 14.2. The van der Waals surface area contributed by atoms with Gasteiger partial charge in [-0.1, -0.05) is 36.4 Å². The first kappa shape index (κ1) is 27.7. The van der Waals surface area contributed by atoms with Crippen LogP contribution in [0, 0.1) is 5.82 Å². The number of carbonyl (C=O) groups is 1. The molecule has 1 amide bonds. The van der Waals surface area contributed by atoms with Crippen LogP contribution in [0.5, 0.6) is 0 Å². The summed E-state index contributed by atoms with van der Waals surface area (Å²) in [5, 5.41) is 5.50. The Balaban J connectivity index is 1.73. The Morgan fingerprint density at radius 3 is 2.41 bits per heavy atom. The first-order valence-electron chi connectivity index (χ1n) is 10.9. The van der Waals surface area contributed by atoms with Crippen molar-refractivity contribution in [3.8, 4) is 0 Å².